The minimum absolute atomic E-state index is 0.0499. The molecule has 2 bridgehead atoms. The number of nitrogens with one attached hydrogen (secondary N) is 1. The number of likely N-dealkylation sites (N-methyl/N-ethyl adjacent to an activating group) is 1. The average molecular weight is 560 g/mol. The van der Waals surface area contributed by atoms with Gasteiger partial charge in [-0.25, -0.2) is 14.4 Å². The van der Waals surface area contributed by atoms with Crippen LogP contribution in [-0.4, -0.2) is 72.1 Å². The second kappa shape index (κ2) is 10.9. The molecule has 2 aromatic carbocycles. The number of hydrogen-bond acceptors (Lipinski definition) is 7. The molecule has 3 heterocycles. The van der Waals surface area contributed by atoms with E-state index in [2.05, 4.69) is 21.9 Å². The quantitative estimate of drug-likeness (QED) is 0.286. The number of anilines is 2. The molecule has 1 aromatic heterocycles. The third-order valence-corrected chi connectivity index (χ3v) is 7.76. The largest absolute Gasteiger partial charge is 0.488 e. The molecule has 3 aromatic rings. The number of rotatable bonds is 9. The van der Waals surface area contributed by atoms with Gasteiger partial charge in [-0.3, -0.25) is 4.79 Å². The summed E-state index contributed by atoms with van der Waals surface area (Å²) in [5.74, 6) is 1.20. The summed E-state index contributed by atoms with van der Waals surface area (Å²) in [5, 5.41) is 3.59. The summed E-state index contributed by atoms with van der Waals surface area (Å²) in [7, 11) is 3.95. The van der Waals surface area contributed by atoms with Crippen LogP contribution in [0.15, 0.2) is 43.2 Å². The van der Waals surface area contributed by atoms with E-state index in [1.54, 1.807) is 6.07 Å². The van der Waals surface area contributed by atoms with Crippen LogP contribution in [0.1, 0.15) is 6.42 Å². The van der Waals surface area contributed by atoms with Crippen LogP contribution >= 0.6 is 23.2 Å². The van der Waals surface area contributed by atoms with Crippen molar-refractivity contribution in [1.29, 1.82) is 0 Å². The summed E-state index contributed by atoms with van der Waals surface area (Å²) in [6, 6.07) is 6.64. The van der Waals surface area contributed by atoms with Crippen LogP contribution in [0.2, 0.25) is 10.0 Å². The Hall–Kier alpha value is -3.14. The second-order valence-corrected chi connectivity index (χ2v) is 10.6. The van der Waals surface area contributed by atoms with Gasteiger partial charge < -0.3 is 24.6 Å². The van der Waals surface area contributed by atoms with E-state index >= 15 is 0 Å². The molecule has 3 fully saturated rings. The molecule has 6 rings (SSSR count). The Morgan fingerprint density at radius 1 is 1.24 bits per heavy atom. The monoisotopic (exact) mass is 559 g/mol. The van der Waals surface area contributed by atoms with Crippen LogP contribution in [0.5, 0.6) is 11.5 Å². The van der Waals surface area contributed by atoms with Gasteiger partial charge in [-0.05, 0) is 44.8 Å². The zero-order valence-corrected chi connectivity index (χ0v) is 22.6. The molecule has 0 radical (unpaired) electrons. The number of benzene rings is 2. The zero-order chi connectivity index (χ0) is 27.0. The molecule has 1 unspecified atom stereocenters. The molecule has 8 nitrogen and oxygen atoms in total. The third-order valence-electron chi connectivity index (χ3n) is 6.98. The summed E-state index contributed by atoms with van der Waals surface area (Å²) in [6.07, 6.45) is 3.70. The summed E-state index contributed by atoms with van der Waals surface area (Å²) < 4.78 is 27.4. The number of fused-ring (bicyclic) bond motifs is 3. The van der Waals surface area contributed by atoms with Gasteiger partial charge in [-0.2, -0.15) is 0 Å². The van der Waals surface area contributed by atoms with Gasteiger partial charge in [0.05, 0.1) is 21.2 Å². The van der Waals surface area contributed by atoms with Gasteiger partial charge in [0, 0.05) is 42.9 Å². The molecular formula is C27H28Cl2FN5O3. The van der Waals surface area contributed by atoms with Crippen molar-refractivity contribution in [2.45, 2.75) is 12.5 Å². The Labute approximate surface area is 230 Å². The Kier molecular flexibility index (Phi) is 7.61. The summed E-state index contributed by atoms with van der Waals surface area (Å²) in [4.78, 5) is 24.7. The van der Waals surface area contributed by atoms with Crippen molar-refractivity contribution < 1.29 is 18.7 Å². The fourth-order valence-electron chi connectivity index (χ4n) is 4.95. The van der Waals surface area contributed by atoms with Crippen molar-refractivity contribution in [3.05, 3.63) is 59.1 Å². The maximum Gasteiger partial charge on any atom is 0.245 e. The number of nitrogens with zero attached hydrogens (tertiary/aromatic N) is 4. The molecule has 1 N–H and O–H groups in total. The van der Waals surface area contributed by atoms with E-state index in [1.807, 2.05) is 30.0 Å². The highest BCUT2D eigenvalue weighted by molar-refractivity contribution is 6.42. The van der Waals surface area contributed by atoms with Crippen LogP contribution in [0.4, 0.5) is 15.9 Å². The smallest absolute Gasteiger partial charge is 0.245 e. The standard InChI is InChI=1S/C27H28Cl2FN5O3/c1-4-23(36)35-12-15-9-16(13-35)26(15)38-22-10-17-20(11-21(22)37-8-7-34(2)3)31-14-32-27(17)33-19-6-5-18(28)24(29)25(19)30/h4-6,10-11,14-16,26H,1,7-9,12-13H2,2-3H3,(H,31,32,33)/t15-,16+,26?. The molecule has 1 amide bonds. The van der Waals surface area contributed by atoms with E-state index < -0.39 is 5.82 Å². The number of amides is 1. The molecule has 38 heavy (non-hydrogen) atoms. The van der Waals surface area contributed by atoms with E-state index in [0.29, 0.717) is 47.9 Å². The van der Waals surface area contributed by atoms with E-state index in [4.69, 9.17) is 32.7 Å². The predicted molar refractivity (Wildman–Crippen MR) is 146 cm³/mol. The number of halogens is 3. The first-order valence-electron chi connectivity index (χ1n) is 12.3. The fourth-order valence-corrected chi connectivity index (χ4v) is 5.26. The molecule has 2 saturated heterocycles. The summed E-state index contributed by atoms with van der Waals surface area (Å²) in [5.41, 5.74) is 0.736. The SMILES string of the molecule is C=CC(=O)N1C[C@H]2C[C@@H](C1)C2Oc1cc2c(Nc3ccc(Cl)c(Cl)c3F)ncnc2cc1OCCN(C)C. The van der Waals surface area contributed by atoms with Crippen LogP contribution < -0.4 is 14.8 Å². The fraction of sp³-hybridized carbons (Fsp3) is 0.370. The number of ether oxygens (including phenoxy) is 2. The topological polar surface area (TPSA) is 79.8 Å². The van der Waals surface area contributed by atoms with E-state index in [9.17, 15) is 9.18 Å². The van der Waals surface area contributed by atoms with E-state index in [0.717, 1.165) is 13.0 Å². The molecule has 3 aliphatic rings. The zero-order valence-electron chi connectivity index (χ0n) is 21.1. The van der Waals surface area contributed by atoms with Crippen molar-refractivity contribution in [3.8, 4) is 11.5 Å². The maximum absolute atomic E-state index is 14.8. The van der Waals surface area contributed by atoms with Gasteiger partial charge >= 0.3 is 0 Å². The van der Waals surface area contributed by atoms with Gasteiger partial charge in [0.15, 0.2) is 17.3 Å². The molecule has 1 saturated carbocycles. The molecule has 0 spiro atoms. The second-order valence-electron chi connectivity index (χ2n) is 9.82. The van der Waals surface area contributed by atoms with Crippen molar-refractivity contribution >= 4 is 51.5 Å². The summed E-state index contributed by atoms with van der Waals surface area (Å²) in [6.45, 7) is 6.03. The minimum atomic E-state index is -0.674. The van der Waals surface area contributed by atoms with Gasteiger partial charge in [0.2, 0.25) is 5.91 Å². The van der Waals surface area contributed by atoms with Gasteiger partial charge in [0.25, 0.3) is 0 Å². The first-order valence-corrected chi connectivity index (χ1v) is 13.1. The van der Waals surface area contributed by atoms with Crippen LogP contribution in [-0.2, 0) is 4.79 Å². The van der Waals surface area contributed by atoms with Crippen molar-refractivity contribution in [1.82, 2.24) is 19.8 Å². The maximum atomic E-state index is 14.8. The van der Waals surface area contributed by atoms with Gasteiger partial charge in [-0.15, -0.1) is 0 Å². The third kappa shape index (κ3) is 5.23. The number of hydrogen-bond donors (Lipinski definition) is 1. The number of piperidine rings is 2. The highest BCUT2D eigenvalue weighted by Gasteiger charge is 2.49. The molecular weight excluding hydrogens is 532 g/mol. The Balaban J connectivity index is 1.46. The van der Waals surface area contributed by atoms with E-state index in [-0.39, 0.29) is 39.6 Å². The van der Waals surface area contributed by atoms with Crippen LogP contribution in [0.25, 0.3) is 10.9 Å². The molecule has 2 aliphatic heterocycles. The number of carbonyl (C=O) groups excluding carboxylic acids is 1. The lowest BCUT2D eigenvalue weighted by Gasteiger charge is -2.52. The highest BCUT2D eigenvalue weighted by atomic mass is 35.5. The first kappa shape index (κ1) is 26.5. The van der Waals surface area contributed by atoms with Crippen LogP contribution in [0.3, 0.4) is 0 Å². The predicted octanol–water partition coefficient (Wildman–Crippen LogP) is 5.17. The number of aromatic nitrogens is 2. The average Bonchev–Trinajstić information content (AvgIpc) is 2.91. The normalized spacial score (nSPS) is 20.3. The first-order chi connectivity index (χ1) is 18.2. The van der Waals surface area contributed by atoms with Crippen molar-refractivity contribution in [2.24, 2.45) is 11.8 Å². The van der Waals surface area contributed by atoms with Crippen LogP contribution in [0, 0.1) is 17.7 Å². The van der Waals surface area contributed by atoms with Gasteiger partial charge in [0.1, 0.15) is 24.9 Å². The molecule has 200 valence electrons. The molecule has 3 atom stereocenters. The lowest BCUT2D eigenvalue weighted by molar-refractivity contribution is -0.142. The molecule has 1 aliphatic carbocycles. The Bertz CT molecular complexity index is 1380. The van der Waals surface area contributed by atoms with E-state index in [1.165, 1.54) is 24.5 Å². The molecule has 11 heteroatoms. The van der Waals surface area contributed by atoms with Gasteiger partial charge in [-0.1, -0.05) is 29.8 Å². The number of carbonyl (C=O) groups is 1. The summed E-state index contributed by atoms with van der Waals surface area (Å²) >= 11 is 11.9. The van der Waals surface area contributed by atoms with Crippen molar-refractivity contribution in [3.63, 3.8) is 0 Å². The Morgan fingerprint density at radius 3 is 2.71 bits per heavy atom. The highest BCUT2D eigenvalue weighted by Crippen LogP contribution is 2.45. The Morgan fingerprint density at radius 2 is 2.00 bits per heavy atom. The van der Waals surface area contributed by atoms with Crippen molar-refractivity contribution in [2.75, 3.05) is 45.7 Å². The lowest BCUT2D eigenvalue weighted by Crippen LogP contribution is -2.61. The minimum Gasteiger partial charge on any atom is -0.488 e. The lowest BCUT2D eigenvalue weighted by atomic mass is 9.68.